The van der Waals surface area contributed by atoms with Crippen molar-refractivity contribution < 1.29 is 14.6 Å². The molecule has 37 heavy (non-hydrogen) atoms. The van der Waals surface area contributed by atoms with Crippen LogP contribution in [0.4, 0.5) is 0 Å². The minimum absolute atomic E-state index is 0.141. The van der Waals surface area contributed by atoms with E-state index in [2.05, 4.69) is 29.0 Å². The highest BCUT2D eigenvalue weighted by atomic mass is 16.5. The topological polar surface area (TPSA) is 91.3 Å². The zero-order valence-corrected chi connectivity index (χ0v) is 21.7. The molecule has 1 atom stereocenters. The van der Waals surface area contributed by atoms with Crippen molar-refractivity contribution in [2.24, 2.45) is 5.92 Å². The maximum absolute atomic E-state index is 13.7. The third kappa shape index (κ3) is 4.81. The van der Waals surface area contributed by atoms with E-state index in [9.17, 15) is 9.90 Å². The molecule has 0 bridgehead atoms. The molecule has 0 spiro atoms. The first-order chi connectivity index (χ1) is 17.8. The number of pyridine rings is 1. The summed E-state index contributed by atoms with van der Waals surface area (Å²) in [6.07, 6.45) is 4.46. The molecule has 0 aliphatic carbocycles. The first-order valence-corrected chi connectivity index (χ1v) is 12.6. The van der Waals surface area contributed by atoms with Crippen molar-refractivity contribution in [1.82, 2.24) is 20.1 Å². The van der Waals surface area contributed by atoms with Crippen molar-refractivity contribution >= 4 is 5.91 Å². The monoisotopic (exact) mass is 496 g/mol. The first-order valence-electron chi connectivity index (χ1n) is 12.6. The normalized spacial score (nSPS) is 14.9. The third-order valence-electron chi connectivity index (χ3n) is 6.78. The minimum Gasteiger partial charge on any atom is -0.507 e. The second-order valence-electron chi connectivity index (χ2n) is 10.1. The summed E-state index contributed by atoms with van der Waals surface area (Å²) in [4.78, 5) is 19.8. The van der Waals surface area contributed by atoms with E-state index < -0.39 is 6.04 Å². The molecular formula is C30H32N4O3. The molecule has 3 heterocycles. The van der Waals surface area contributed by atoms with Crippen molar-refractivity contribution in [3.63, 3.8) is 0 Å². The fourth-order valence-corrected chi connectivity index (χ4v) is 4.93. The predicted octanol–water partition coefficient (Wildman–Crippen LogP) is 5.96. The predicted molar refractivity (Wildman–Crippen MR) is 143 cm³/mol. The molecule has 1 amide bonds. The van der Waals surface area contributed by atoms with Crippen molar-refractivity contribution in [3.05, 3.63) is 94.4 Å². The lowest BCUT2D eigenvalue weighted by atomic mass is 9.94. The van der Waals surface area contributed by atoms with Crippen molar-refractivity contribution in [1.29, 1.82) is 0 Å². The van der Waals surface area contributed by atoms with Gasteiger partial charge in [-0.25, -0.2) is 0 Å². The summed E-state index contributed by atoms with van der Waals surface area (Å²) in [5.41, 5.74) is 6.01. The summed E-state index contributed by atoms with van der Waals surface area (Å²) in [5, 5.41) is 18.5. The molecule has 4 aromatic rings. The van der Waals surface area contributed by atoms with E-state index in [0.29, 0.717) is 36.0 Å². The molecule has 0 saturated heterocycles. The highest BCUT2D eigenvalue weighted by Gasteiger charge is 2.42. The van der Waals surface area contributed by atoms with Crippen molar-refractivity contribution in [2.75, 3.05) is 6.61 Å². The number of nitrogens with one attached hydrogen (secondary N) is 1. The number of ether oxygens (including phenoxy) is 1. The van der Waals surface area contributed by atoms with Gasteiger partial charge in [0.1, 0.15) is 22.9 Å². The van der Waals surface area contributed by atoms with Gasteiger partial charge in [-0.05, 0) is 72.7 Å². The summed E-state index contributed by atoms with van der Waals surface area (Å²) in [6.45, 7) is 9.21. The number of carbonyl (C=O) groups excluding carboxylic acids is 1. The van der Waals surface area contributed by atoms with Crippen LogP contribution in [0.1, 0.15) is 64.6 Å². The van der Waals surface area contributed by atoms with Gasteiger partial charge in [-0.3, -0.25) is 14.9 Å². The Morgan fingerprint density at radius 2 is 1.97 bits per heavy atom. The number of aromatic nitrogens is 3. The Hall–Kier alpha value is -4.13. The fraction of sp³-hybridized carbons (Fsp3) is 0.300. The van der Waals surface area contributed by atoms with Crippen LogP contribution in [0.2, 0.25) is 0 Å². The standard InChI is InChI=1S/C30H32N4O3/c1-18(2)10-12-37-23-9-5-8-22(15-23)28-25-26(24-14-19(3)13-20(4)29(24)35)32-33-27(25)30(36)34(28)17-21-7-6-11-31-16-21/h5-9,11,13-16,18,28,35H,10,12,17H2,1-4H3,(H,32,33)/t28-/m0/s1. The van der Waals surface area contributed by atoms with E-state index in [-0.39, 0.29) is 11.7 Å². The molecule has 5 rings (SSSR count). The van der Waals surface area contributed by atoms with Crippen LogP contribution in [-0.4, -0.2) is 37.7 Å². The van der Waals surface area contributed by atoms with E-state index in [4.69, 9.17) is 4.74 Å². The van der Waals surface area contributed by atoms with Crippen LogP contribution in [-0.2, 0) is 6.54 Å². The summed E-state index contributed by atoms with van der Waals surface area (Å²) in [6, 6.07) is 15.2. The maximum Gasteiger partial charge on any atom is 0.273 e. The number of hydrogen-bond acceptors (Lipinski definition) is 5. The van der Waals surface area contributed by atoms with Crippen LogP contribution < -0.4 is 4.74 Å². The second-order valence-corrected chi connectivity index (χ2v) is 10.1. The summed E-state index contributed by atoms with van der Waals surface area (Å²) in [5.74, 6) is 1.34. The van der Waals surface area contributed by atoms with E-state index in [0.717, 1.165) is 40.0 Å². The van der Waals surface area contributed by atoms with Gasteiger partial charge in [0.15, 0.2) is 0 Å². The Bertz CT molecular complexity index is 1430. The lowest BCUT2D eigenvalue weighted by Gasteiger charge is -2.27. The number of aryl methyl sites for hydroxylation is 2. The number of benzene rings is 2. The number of hydrogen-bond donors (Lipinski definition) is 2. The molecule has 1 aliphatic rings. The highest BCUT2D eigenvalue weighted by molar-refractivity contribution is 6.00. The summed E-state index contributed by atoms with van der Waals surface area (Å²) < 4.78 is 6.06. The Kier molecular flexibility index (Phi) is 6.70. The van der Waals surface area contributed by atoms with E-state index >= 15 is 0 Å². The van der Waals surface area contributed by atoms with Gasteiger partial charge in [0.25, 0.3) is 5.91 Å². The lowest BCUT2D eigenvalue weighted by Crippen LogP contribution is -2.29. The number of aromatic amines is 1. The molecule has 0 radical (unpaired) electrons. The quantitative estimate of drug-likeness (QED) is 0.314. The molecule has 1 aliphatic heterocycles. The van der Waals surface area contributed by atoms with E-state index in [1.165, 1.54) is 0 Å². The average molecular weight is 497 g/mol. The molecule has 7 heteroatoms. The molecule has 190 valence electrons. The van der Waals surface area contributed by atoms with Crippen LogP contribution in [0.25, 0.3) is 11.3 Å². The van der Waals surface area contributed by atoms with Gasteiger partial charge in [0, 0.05) is 30.1 Å². The van der Waals surface area contributed by atoms with Crippen LogP contribution in [0.15, 0.2) is 60.9 Å². The number of fused-ring (bicyclic) bond motifs is 1. The van der Waals surface area contributed by atoms with Crippen LogP contribution in [0.5, 0.6) is 11.5 Å². The van der Waals surface area contributed by atoms with E-state index in [1.807, 2.05) is 67.3 Å². The molecule has 2 aromatic heterocycles. The number of amides is 1. The maximum atomic E-state index is 13.7. The Labute approximate surface area is 217 Å². The Morgan fingerprint density at radius 3 is 2.73 bits per heavy atom. The van der Waals surface area contributed by atoms with Gasteiger partial charge in [0.2, 0.25) is 0 Å². The first kappa shape index (κ1) is 24.6. The second kappa shape index (κ2) is 10.1. The Morgan fingerprint density at radius 1 is 1.14 bits per heavy atom. The summed E-state index contributed by atoms with van der Waals surface area (Å²) in [7, 11) is 0. The van der Waals surface area contributed by atoms with Gasteiger partial charge < -0.3 is 14.7 Å². The van der Waals surface area contributed by atoms with Crippen molar-refractivity contribution in [3.8, 4) is 22.8 Å². The number of nitrogens with zero attached hydrogens (tertiary/aromatic N) is 3. The van der Waals surface area contributed by atoms with Crippen LogP contribution in [0, 0.1) is 19.8 Å². The molecule has 0 saturated carbocycles. The highest BCUT2D eigenvalue weighted by Crippen LogP contribution is 2.46. The average Bonchev–Trinajstić information content (AvgIpc) is 3.41. The van der Waals surface area contributed by atoms with E-state index in [1.54, 1.807) is 12.4 Å². The van der Waals surface area contributed by atoms with Gasteiger partial charge in [-0.15, -0.1) is 0 Å². The van der Waals surface area contributed by atoms with Gasteiger partial charge in [-0.2, -0.15) is 5.10 Å². The Balaban J connectivity index is 1.61. The minimum atomic E-state index is -0.412. The van der Waals surface area contributed by atoms with Gasteiger partial charge >= 0.3 is 0 Å². The zero-order valence-electron chi connectivity index (χ0n) is 21.7. The molecule has 7 nitrogen and oxygen atoms in total. The van der Waals surface area contributed by atoms with Crippen LogP contribution in [0.3, 0.4) is 0 Å². The number of rotatable bonds is 8. The number of phenols is 1. The van der Waals surface area contributed by atoms with Crippen molar-refractivity contribution in [2.45, 2.75) is 46.7 Å². The third-order valence-corrected chi connectivity index (χ3v) is 6.78. The molecule has 0 unspecified atom stereocenters. The van der Waals surface area contributed by atoms with Gasteiger partial charge in [-0.1, -0.05) is 38.1 Å². The molecule has 2 N–H and O–H groups in total. The number of phenolic OH excluding ortho intramolecular Hbond substituents is 1. The van der Waals surface area contributed by atoms with Crippen LogP contribution >= 0.6 is 0 Å². The number of aromatic hydroxyl groups is 1. The SMILES string of the molecule is Cc1cc(C)c(O)c(-c2n[nH]c3c2[C@H](c2cccc(OCCC(C)C)c2)N(Cc2cccnc2)C3=O)c1. The number of carbonyl (C=O) groups is 1. The molecule has 2 aromatic carbocycles. The van der Waals surface area contributed by atoms with Gasteiger partial charge in [0.05, 0.1) is 12.6 Å². The molecular weight excluding hydrogens is 464 g/mol. The largest absolute Gasteiger partial charge is 0.507 e. The zero-order chi connectivity index (χ0) is 26.1. The lowest BCUT2D eigenvalue weighted by molar-refractivity contribution is 0.0729. The fourth-order valence-electron chi connectivity index (χ4n) is 4.93. The number of H-pyrrole nitrogens is 1. The summed E-state index contributed by atoms with van der Waals surface area (Å²) >= 11 is 0. The molecule has 0 fully saturated rings. The smallest absolute Gasteiger partial charge is 0.273 e.